The van der Waals surface area contributed by atoms with Crippen LogP contribution >= 0.6 is 15.9 Å². The standard InChI is InChI=1S/C15H22BrNO2/c1-11(2)19-9-5-4-8-17-15(18)13-7-6-12(3)10-14(13)16/h6-7,10-11H,4-5,8-9H2,1-3H3,(H,17,18). The summed E-state index contributed by atoms with van der Waals surface area (Å²) in [4.78, 5) is 11.9. The molecule has 0 aliphatic rings. The highest BCUT2D eigenvalue weighted by atomic mass is 79.9. The fourth-order valence-corrected chi connectivity index (χ4v) is 2.32. The molecule has 1 rings (SSSR count). The quantitative estimate of drug-likeness (QED) is 0.775. The van der Waals surface area contributed by atoms with E-state index in [2.05, 4.69) is 21.2 Å². The van der Waals surface area contributed by atoms with E-state index in [0.29, 0.717) is 12.1 Å². The third kappa shape index (κ3) is 6.21. The number of nitrogens with one attached hydrogen (secondary N) is 1. The first kappa shape index (κ1) is 16.2. The highest BCUT2D eigenvalue weighted by Gasteiger charge is 2.08. The summed E-state index contributed by atoms with van der Waals surface area (Å²) in [5.41, 5.74) is 1.82. The van der Waals surface area contributed by atoms with Gasteiger partial charge >= 0.3 is 0 Å². The van der Waals surface area contributed by atoms with E-state index in [1.165, 1.54) is 0 Å². The van der Waals surface area contributed by atoms with Crippen LogP contribution in [0.2, 0.25) is 0 Å². The molecule has 4 heteroatoms. The van der Waals surface area contributed by atoms with Crippen molar-refractivity contribution in [3.8, 4) is 0 Å². The Hall–Kier alpha value is -0.870. The van der Waals surface area contributed by atoms with Gasteiger partial charge in [-0.2, -0.15) is 0 Å². The van der Waals surface area contributed by atoms with Gasteiger partial charge in [0.1, 0.15) is 0 Å². The fourth-order valence-electron chi connectivity index (χ4n) is 1.65. The van der Waals surface area contributed by atoms with Gasteiger partial charge in [0.25, 0.3) is 5.91 Å². The summed E-state index contributed by atoms with van der Waals surface area (Å²) in [7, 11) is 0. The highest BCUT2D eigenvalue weighted by molar-refractivity contribution is 9.10. The molecule has 0 heterocycles. The number of benzene rings is 1. The summed E-state index contributed by atoms with van der Waals surface area (Å²) in [5, 5.41) is 2.92. The minimum absolute atomic E-state index is 0.0309. The number of carbonyl (C=O) groups is 1. The van der Waals surface area contributed by atoms with E-state index in [-0.39, 0.29) is 12.0 Å². The molecule has 0 unspecified atom stereocenters. The Bertz CT molecular complexity index is 419. The van der Waals surface area contributed by atoms with Crippen molar-refractivity contribution in [3.05, 3.63) is 33.8 Å². The van der Waals surface area contributed by atoms with Crippen molar-refractivity contribution in [2.45, 2.75) is 39.7 Å². The first-order valence-electron chi connectivity index (χ1n) is 6.66. The summed E-state index contributed by atoms with van der Waals surface area (Å²) in [6.07, 6.45) is 2.17. The number of hydrogen-bond acceptors (Lipinski definition) is 2. The Morgan fingerprint density at radius 2 is 2.11 bits per heavy atom. The van der Waals surface area contributed by atoms with Crippen LogP contribution in [0.3, 0.4) is 0 Å². The summed E-state index contributed by atoms with van der Waals surface area (Å²) >= 11 is 3.42. The molecule has 0 aromatic heterocycles. The molecule has 0 saturated carbocycles. The van der Waals surface area contributed by atoms with Gasteiger partial charge in [-0.15, -0.1) is 0 Å². The molecule has 0 saturated heterocycles. The third-order valence-electron chi connectivity index (χ3n) is 2.68. The van der Waals surface area contributed by atoms with E-state index < -0.39 is 0 Å². The smallest absolute Gasteiger partial charge is 0.252 e. The van der Waals surface area contributed by atoms with E-state index in [1.807, 2.05) is 39.0 Å². The van der Waals surface area contributed by atoms with Crippen LogP contribution in [0.25, 0.3) is 0 Å². The zero-order valence-corrected chi connectivity index (χ0v) is 13.4. The molecule has 1 aromatic carbocycles. The minimum atomic E-state index is -0.0309. The molecule has 0 aliphatic heterocycles. The lowest BCUT2D eigenvalue weighted by Gasteiger charge is -2.09. The topological polar surface area (TPSA) is 38.3 Å². The van der Waals surface area contributed by atoms with Crippen molar-refractivity contribution in [2.24, 2.45) is 0 Å². The second-order valence-corrected chi connectivity index (χ2v) is 5.72. The molecule has 0 fully saturated rings. The lowest BCUT2D eigenvalue weighted by atomic mass is 10.1. The fraction of sp³-hybridized carbons (Fsp3) is 0.533. The van der Waals surface area contributed by atoms with Crippen LogP contribution in [0.4, 0.5) is 0 Å². The number of unbranched alkanes of at least 4 members (excludes halogenated alkanes) is 1. The molecule has 106 valence electrons. The van der Waals surface area contributed by atoms with Gasteiger partial charge in [-0.05, 0) is 67.2 Å². The lowest BCUT2D eigenvalue weighted by Crippen LogP contribution is -2.25. The predicted molar refractivity (Wildman–Crippen MR) is 81.5 cm³/mol. The van der Waals surface area contributed by atoms with E-state index >= 15 is 0 Å². The largest absolute Gasteiger partial charge is 0.379 e. The molecule has 0 atom stereocenters. The number of halogens is 1. The van der Waals surface area contributed by atoms with Crippen LogP contribution in [-0.4, -0.2) is 25.2 Å². The summed E-state index contributed by atoms with van der Waals surface area (Å²) in [6, 6.07) is 5.73. The van der Waals surface area contributed by atoms with Crippen LogP contribution in [0.1, 0.15) is 42.6 Å². The maximum absolute atomic E-state index is 11.9. The van der Waals surface area contributed by atoms with Crippen molar-refractivity contribution >= 4 is 21.8 Å². The van der Waals surface area contributed by atoms with Crippen LogP contribution in [0, 0.1) is 6.92 Å². The zero-order valence-electron chi connectivity index (χ0n) is 11.8. The number of amides is 1. The minimum Gasteiger partial charge on any atom is -0.379 e. The van der Waals surface area contributed by atoms with Gasteiger partial charge in [0.15, 0.2) is 0 Å². The monoisotopic (exact) mass is 327 g/mol. The van der Waals surface area contributed by atoms with Crippen molar-refractivity contribution in [1.82, 2.24) is 5.32 Å². The zero-order chi connectivity index (χ0) is 14.3. The Balaban J connectivity index is 2.28. The van der Waals surface area contributed by atoms with Gasteiger partial charge in [-0.1, -0.05) is 6.07 Å². The maximum atomic E-state index is 11.9. The number of carbonyl (C=O) groups excluding carboxylic acids is 1. The van der Waals surface area contributed by atoms with Crippen molar-refractivity contribution in [2.75, 3.05) is 13.2 Å². The molecule has 1 amide bonds. The number of hydrogen-bond donors (Lipinski definition) is 1. The van der Waals surface area contributed by atoms with Gasteiger partial charge in [0.2, 0.25) is 0 Å². The average molecular weight is 328 g/mol. The van der Waals surface area contributed by atoms with E-state index in [4.69, 9.17) is 4.74 Å². The van der Waals surface area contributed by atoms with Gasteiger partial charge in [-0.3, -0.25) is 4.79 Å². The molecule has 0 radical (unpaired) electrons. The first-order valence-corrected chi connectivity index (χ1v) is 7.46. The van der Waals surface area contributed by atoms with Crippen molar-refractivity contribution in [1.29, 1.82) is 0 Å². The second-order valence-electron chi connectivity index (χ2n) is 4.87. The predicted octanol–water partition coefficient (Wildman–Crippen LogP) is 3.69. The van der Waals surface area contributed by atoms with Gasteiger partial charge in [0, 0.05) is 17.6 Å². The Morgan fingerprint density at radius 3 is 2.74 bits per heavy atom. The molecule has 1 aromatic rings. The molecular formula is C15H22BrNO2. The Kier molecular flexibility index (Phi) is 7.10. The normalized spacial score (nSPS) is 10.8. The number of rotatable bonds is 7. The van der Waals surface area contributed by atoms with Crippen molar-refractivity contribution in [3.63, 3.8) is 0 Å². The van der Waals surface area contributed by atoms with Gasteiger partial charge in [0.05, 0.1) is 11.7 Å². The molecule has 1 N–H and O–H groups in total. The molecular weight excluding hydrogens is 306 g/mol. The number of aryl methyl sites for hydroxylation is 1. The van der Waals surface area contributed by atoms with Crippen LogP contribution < -0.4 is 5.32 Å². The van der Waals surface area contributed by atoms with Crippen molar-refractivity contribution < 1.29 is 9.53 Å². The average Bonchev–Trinajstić information content (AvgIpc) is 2.32. The van der Waals surface area contributed by atoms with E-state index in [0.717, 1.165) is 29.5 Å². The van der Waals surface area contributed by atoms with Gasteiger partial charge in [-0.25, -0.2) is 0 Å². The molecule has 0 aliphatic carbocycles. The molecule has 19 heavy (non-hydrogen) atoms. The molecule has 0 spiro atoms. The summed E-state index contributed by atoms with van der Waals surface area (Å²) < 4.78 is 6.29. The van der Waals surface area contributed by atoms with Crippen LogP contribution in [-0.2, 0) is 4.74 Å². The maximum Gasteiger partial charge on any atom is 0.252 e. The summed E-state index contributed by atoms with van der Waals surface area (Å²) in [6.45, 7) is 7.48. The first-order chi connectivity index (χ1) is 9.00. The highest BCUT2D eigenvalue weighted by Crippen LogP contribution is 2.18. The lowest BCUT2D eigenvalue weighted by molar-refractivity contribution is 0.0754. The molecule has 3 nitrogen and oxygen atoms in total. The van der Waals surface area contributed by atoms with E-state index in [1.54, 1.807) is 0 Å². The Labute approximate surface area is 123 Å². The van der Waals surface area contributed by atoms with E-state index in [9.17, 15) is 4.79 Å². The van der Waals surface area contributed by atoms with Crippen LogP contribution in [0.15, 0.2) is 22.7 Å². The number of ether oxygens (including phenoxy) is 1. The second kappa shape index (κ2) is 8.33. The Morgan fingerprint density at radius 1 is 1.37 bits per heavy atom. The molecule has 0 bridgehead atoms. The third-order valence-corrected chi connectivity index (χ3v) is 3.33. The summed E-state index contributed by atoms with van der Waals surface area (Å²) in [5.74, 6) is -0.0309. The van der Waals surface area contributed by atoms with Gasteiger partial charge < -0.3 is 10.1 Å². The van der Waals surface area contributed by atoms with Crippen LogP contribution in [0.5, 0.6) is 0 Å². The SMILES string of the molecule is Cc1ccc(C(=O)NCCCCOC(C)C)c(Br)c1.